The van der Waals surface area contributed by atoms with Gasteiger partial charge in [0.1, 0.15) is 5.75 Å². The van der Waals surface area contributed by atoms with Crippen LogP contribution in [0.25, 0.3) is 0 Å². The van der Waals surface area contributed by atoms with Gasteiger partial charge in [-0.2, -0.15) is 5.10 Å². The number of likely N-dealkylation sites (N-methyl/N-ethyl adjacent to an activating group) is 1. The van der Waals surface area contributed by atoms with Crippen LogP contribution in [0.1, 0.15) is 11.1 Å². The van der Waals surface area contributed by atoms with E-state index < -0.39 is 0 Å². The summed E-state index contributed by atoms with van der Waals surface area (Å²) in [5.41, 5.74) is 2.47. The lowest BCUT2D eigenvalue weighted by Gasteiger charge is -2.26. The van der Waals surface area contributed by atoms with Crippen molar-refractivity contribution in [3.05, 3.63) is 47.8 Å². The highest BCUT2D eigenvalue weighted by atomic mass is 16.5. The molecule has 1 amide bonds. The summed E-state index contributed by atoms with van der Waals surface area (Å²) in [4.78, 5) is 16.2. The van der Waals surface area contributed by atoms with E-state index in [0.29, 0.717) is 26.3 Å². The monoisotopic (exact) mass is 372 g/mol. The average Bonchev–Trinajstić information content (AvgIpc) is 3.11. The van der Waals surface area contributed by atoms with E-state index in [1.165, 1.54) is 11.1 Å². The molecule has 0 atom stereocenters. The summed E-state index contributed by atoms with van der Waals surface area (Å²) in [6.07, 6.45) is 4.95. The summed E-state index contributed by atoms with van der Waals surface area (Å²) >= 11 is 0. The Kier molecular flexibility index (Phi) is 6.84. The molecule has 1 aliphatic heterocycles. The quantitative estimate of drug-likeness (QED) is 0.700. The summed E-state index contributed by atoms with van der Waals surface area (Å²) in [6, 6.07) is 7.96. The summed E-state index contributed by atoms with van der Waals surface area (Å²) in [7, 11) is 4.05. The molecule has 1 aromatic carbocycles. The van der Waals surface area contributed by atoms with E-state index in [-0.39, 0.29) is 12.5 Å². The molecule has 27 heavy (non-hydrogen) atoms. The highest BCUT2D eigenvalue weighted by molar-refractivity contribution is 5.77. The molecular formula is C20H28N4O3. The first-order valence-electron chi connectivity index (χ1n) is 9.33. The lowest BCUT2D eigenvalue weighted by atomic mass is 10.2. The molecule has 1 fully saturated rings. The van der Waals surface area contributed by atoms with E-state index in [9.17, 15) is 4.79 Å². The zero-order valence-corrected chi connectivity index (χ0v) is 16.1. The molecule has 146 valence electrons. The van der Waals surface area contributed by atoms with E-state index >= 15 is 0 Å². The Morgan fingerprint density at radius 3 is 2.63 bits per heavy atom. The zero-order valence-electron chi connectivity index (χ0n) is 16.1. The van der Waals surface area contributed by atoms with E-state index in [1.54, 1.807) is 4.90 Å². The fourth-order valence-electron chi connectivity index (χ4n) is 3.05. The first kappa shape index (κ1) is 19.4. The minimum Gasteiger partial charge on any atom is -0.484 e. The number of carbonyl (C=O) groups excluding carboxylic acids is 1. The maximum absolute atomic E-state index is 12.1. The predicted octanol–water partition coefficient (Wildman–Crippen LogP) is 1.33. The van der Waals surface area contributed by atoms with Crippen LogP contribution < -0.4 is 4.74 Å². The minimum atomic E-state index is 0.0116. The number of aromatic nitrogens is 2. The Morgan fingerprint density at radius 1 is 1.22 bits per heavy atom. The highest BCUT2D eigenvalue weighted by Crippen LogP contribution is 2.14. The molecule has 0 aliphatic carbocycles. The standard InChI is InChI=1S/C20H28N4O3/c1-22(8-7-18-13-21-23(2)15-18)14-17-3-5-19(6-4-17)27-16-20(25)24-9-11-26-12-10-24/h3-6,13,15H,7-12,14,16H2,1-2H3. The van der Waals surface area contributed by atoms with Crippen molar-refractivity contribution < 1.29 is 14.3 Å². The van der Waals surface area contributed by atoms with Crippen LogP contribution in [0.4, 0.5) is 0 Å². The third kappa shape index (κ3) is 6.08. The van der Waals surface area contributed by atoms with Crippen molar-refractivity contribution in [2.45, 2.75) is 13.0 Å². The lowest BCUT2D eigenvalue weighted by molar-refractivity contribution is -0.137. The molecule has 7 heteroatoms. The van der Waals surface area contributed by atoms with Crippen molar-refractivity contribution in [2.75, 3.05) is 46.5 Å². The molecule has 0 saturated carbocycles. The van der Waals surface area contributed by atoms with Crippen LogP contribution in [0.3, 0.4) is 0 Å². The fraction of sp³-hybridized carbons (Fsp3) is 0.500. The maximum Gasteiger partial charge on any atom is 0.260 e. The summed E-state index contributed by atoms with van der Waals surface area (Å²) in [5.74, 6) is 0.732. The Labute approximate surface area is 160 Å². The van der Waals surface area contributed by atoms with Gasteiger partial charge in [-0.25, -0.2) is 0 Å². The molecular weight excluding hydrogens is 344 g/mol. The number of ether oxygens (including phenoxy) is 2. The topological polar surface area (TPSA) is 59.8 Å². The van der Waals surface area contributed by atoms with Crippen LogP contribution >= 0.6 is 0 Å². The Morgan fingerprint density at radius 2 is 1.96 bits per heavy atom. The fourth-order valence-corrected chi connectivity index (χ4v) is 3.05. The van der Waals surface area contributed by atoms with Gasteiger partial charge < -0.3 is 19.3 Å². The van der Waals surface area contributed by atoms with Gasteiger partial charge in [0.25, 0.3) is 5.91 Å². The largest absolute Gasteiger partial charge is 0.484 e. The van der Waals surface area contributed by atoms with Crippen molar-refractivity contribution in [3.63, 3.8) is 0 Å². The number of hydrogen-bond donors (Lipinski definition) is 0. The number of hydrogen-bond acceptors (Lipinski definition) is 5. The predicted molar refractivity (Wildman–Crippen MR) is 103 cm³/mol. The van der Waals surface area contributed by atoms with Crippen molar-refractivity contribution in [2.24, 2.45) is 7.05 Å². The van der Waals surface area contributed by atoms with Crippen molar-refractivity contribution in [1.29, 1.82) is 0 Å². The average molecular weight is 372 g/mol. The lowest BCUT2D eigenvalue weighted by Crippen LogP contribution is -2.42. The molecule has 1 aromatic heterocycles. The second-order valence-corrected chi connectivity index (χ2v) is 6.94. The Bertz CT molecular complexity index is 723. The van der Waals surface area contributed by atoms with Crippen LogP contribution in [-0.2, 0) is 29.5 Å². The zero-order chi connectivity index (χ0) is 19.1. The van der Waals surface area contributed by atoms with E-state index in [1.807, 2.05) is 30.1 Å². The minimum absolute atomic E-state index is 0.0116. The molecule has 0 N–H and O–H groups in total. The van der Waals surface area contributed by atoms with Gasteiger partial charge in [0.15, 0.2) is 6.61 Å². The Balaban J connectivity index is 1.40. The van der Waals surface area contributed by atoms with Gasteiger partial charge in [-0.3, -0.25) is 9.48 Å². The SMILES string of the molecule is CN(CCc1cnn(C)c1)Cc1ccc(OCC(=O)N2CCOCC2)cc1. The van der Waals surface area contributed by atoms with Gasteiger partial charge in [0.05, 0.1) is 19.4 Å². The van der Waals surface area contributed by atoms with E-state index in [0.717, 1.165) is 25.3 Å². The number of amides is 1. The second kappa shape index (κ2) is 9.53. The third-order valence-electron chi connectivity index (χ3n) is 4.64. The molecule has 3 rings (SSSR count). The van der Waals surface area contributed by atoms with Gasteiger partial charge in [-0.1, -0.05) is 12.1 Å². The van der Waals surface area contributed by atoms with Crippen molar-refractivity contribution in [1.82, 2.24) is 19.6 Å². The summed E-state index contributed by atoms with van der Waals surface area (Å²) < 4.78 is 12.7. The molecule has 2 heterocycles. The first-order chi connectivity index (χ1) is 13.1. The number of benzene rings is 1. The van der Waals surface area contributed by atoms with Crippen molar-refractivity contribution in [3.8, 4) is 5.75 Å². The van der Waals surface area contributed by atoms with Gasteiger partial charge in [-0.05, 0) is 36.7 Å². The molecule has 0 unspecified atom stereocenters. The molecule has 0 bridgehead atoms. The molecule has 1 saturated heterocycles. The van der Waals surface area contributed by atoms with E-state index in [4.69, 9.17) is 9.47 Å². The van der Waals surface area contributed by atoms with Crippen molar-refractivity contribution >= 4 is 5.91 Å². The molecule has 0 spiro atoms. The van der Waals surface area contributed by atoms with Gasteiger partial charge >= 0.3 is 0 Å². The number of nitrogens with zero attached hydrogens (tertiary/aromatic N) is 4. The van der Waals surface area contributed by atoms with Gasteiger partial charge in [0, 0.05) is 39.4 Å². The second-order valence-electron chi connectivity index (χ2n) is 6.94. The molecule has 1 aliphatic rings. The van der Waals surface area contributed by atoms with Crippen LogP contribution in [0, 0.1) is 0 Å². The maximum atomic E-state index is 12.1. The van der Waals surface area contributed by atoms with Crippen LogP contribution in [0.5, 0.6) is 5.75 Å². The highest BCUT2D eigenvalue weighted by Gasteiger charge is 2.17. The van der Waals surface area contributed by atoms with Crippen LogP contribution in [-0.4, -0.2) is 72.0 Å². The summed E-state index contributed by atoms with van der Waals surface area (Å²) in [6.45, 7) is 4.41. The molecule has 0 radical (unpaired) electrons. The van der Waals surface area contributed by atoms with Crippen LogP contribution in [0.2, 0.25) is 0 Å². The number of carbonyl (C=O) groups is 1. The van der Waals surface area contributed by atoms with Gasteiger partial charge in [0.2, 0.25) is 0 Å². The molecule has 7 nitrogen and oxygen atoms in total. The first-order valence-corrected chi connectivity index (χ1v) is 9.33. The normalized spacial score (nSPS) is 14.6. The number of rotatable bonds is 8. The summed E-state index contributed by atoms with van der Waals surface area (Å²) in [5, 5.41) is 4.20. The smallest absolute Gasteiger partial charge is 0.260 e. The number of morpholine rings is 1. The Hall–Kier alpha value is -2.38. The van der Waals surface area contributed by atoms with Gasteiger partial charge in [-0.15, -0.1) is 0 Å². The third-order valence-corrected chi connectivity index (χ3v) is 4.64. The van der Waals surface area contributed by atoms with Crippen LogP contribution in [0.15, 0.2) is 36.7 Å². The van der Waals surface area contributed by atoms with E-state index in [2.05, 4.69) is 35.4 Å². The number of aryl methyl sites for hydroxylation is 1. The molecule has 2 aromatic rings.